The molecule has 0 spiro atoms. The molecule has 18 heavy (non-hydrogen) atoms. The van der Waals surface area contributed by atoms with Crippen molar-refractivity contribution in [2.24, 2.45) is 0 Å². The second-order valence-corrected chi connectivity index (χ2v) is 3.87. The minimum atomic E-state index is -1.13. The van der Waals surface area contributed by atoms with Gasteiger partial charge in [0.2, 0.25) is 0 Å². The third kappa shape index (κ3) is 2.68. The van der Waals surface area contributed by atoms with E-state index < -0.39 is 23.6 Å². The fourth-order valence-electron chi connectivity index (χ4n) is 1.64. The predicted octanol–water partition coefficient (Wildman–Crippen LogP) is 2.78. The predicted molar refractivity (Wildman–Crippen MR) is 59.2 cm³/mol. The molecule has 1 N–H and O–H groups in total. The van der Waals surface area contributed by atoms with Crippen molar-refractivity contribution in [2.45, 2.75) is 12.5 Å². The van der Waals surface area contributed by atoms with Gasteiger partial charge in [-0.25, -0.2) is 13.2 Å². The molecule has 1 atom stereocenters. The summed E-state index contributed by atoms with van der Waals surface area (Å²) < 4.78 is 39.3. The van der Waals surface area contributed by atoms with E-state index in [1.165, 1.54) is 18.3 Å². The minimum absolute atomic E-state index is 0.0340. The van der Waals surface area contributed by atoms with Gasteiger partial charge in [0.15, 0.2) is 11.6 Å². The number of hydrogen-bond donors (Lipinski definition) is 1. The first kappa shape index (κ1) is 12.6. The van der Waals surface area contributed by atoms with E-state index in [-0.39, 0.29) is 17.5 Å². The van der Waals surface area contributed by atoms with Crippen LogP contribution in [0.15, 0.2) is 36.7 Å². The van der Waals surface area contributed by atoms with E-state index >= 15 is 0 Å². The number of aliphatic hydroxyl groups is 1. The number of aliphatic hydroxyl groups excluding tert-OH is 1. The van der Waals surface area contributed by atoms with Gasteiger partial charge in [0.1, 0.15) is 5.82 Å². The van der Waals surface area contributed by atoms with Gasteiger partial charge in [-0.15, -0.1) is 0 Å². The normalized spacial score (nSPS) is 12.4. The highest BCUT2D eigenvalue weighted by atomic mass is 19.2. The molecule has 0 aliphatic heterocycles. The molecule has 94 valence electrons. The summed E-state index contributed by atoms with van der Waals surface area (Å²) in [7, 11) is 0. The van der Waals surface area contributed by atoms with Crippen LogP contribution in [-0.4, -0.2) is 10.1 Å². The molecule has 1 heterocycles. The molecular weight excluding hydrogens is 243 g/mol. The van der Waals surface area contributed by atoms with Crippen molar-refractivity contribution in [3.8, 4) is 0 Å². The van der Waals surface area contributed by atoms with Gasteiger partial charge in [-0.05, 0) is 17.7 Å². The van der Waals surface area contributed by atoms with E-state index in [1.54, 1.807) is 0 Å². The van der Waals surface area contributed by atoms with E-state index in [1.807, 2.05) is 0 Å². The Hall–Kier alpha value is -1.88. The number of benzene rings is 1. The van der Waals surface area contributed by atoms with Gasteiger partial charge in [-0.1, -0.05) is 12.1 Å². The summed E-state index contributed by atoms with van der Waals surface area (Å²) in [5.74, 6) is -2.57. The number of nitrogens with zero attached hydrogens (tertiary/aromatic N) is 1. The van der Waals surface area contributed by atoms with E-state index in [0.717, 1.165) is 18.3 Å². The van der Waals surface area contributed by atoms with Crippen LogP contribution < -0.4 is 0 Å². The van der Waals surface area contributed by atoms with Crippen LogP contribution in [-0.2, 0) is 6.42 Å². The van der Waals surface area contributed by atoms with Gasteiger partial charge in [0, 0.05) is 18.2 Å². The average molecular weight is 253 g/mol. The van der Waals surface area contributed by atoms with Crippen LogP contribution in [0.1, 0.15) is 17.2 Å². The SMILES string of the molecule is OC(Cc1cccc(F)c1F)c1cncc(F)c1. The van der Waals surface area contributed by atoms with Crippen LogP contribution >= 0.6 is 0 Å². The van der Waals surface area contributed by atoms with E-state index in [9.17, 15) is 18.3 Å². The van der Waals surface area contributed by atoms with E-state index in [0.29, 0.717) is 0 Å². The Labute approximate surface area is 102 Å². The Kier molecular flexibility index (Phi) is 3.62. The summed E-state index contributed by atoms with van der Waals surface area (Å²) in [5.41, 5.74) is 0.255. The Bertz CT molecular complexity index is 560. The molecule has 0 amide bonds. The van der Waals surface area contributed by atoms with Crippen LogP contribution in [0.5, 0.6) is 0 Å². The van der Waals surface area contributed by atoms with Crippen LogP contribution in [0, 0.1) is 17.5 Å². The van der Waals surface area contributed by atoms with Gasteiger partial charge >= 0.3 is 0 Å². The quantitative estimate of drug-likeness (QED) is 0.912. The fraction of sp³-hybridized carbons (Fsp3) is 0.154. The van der Waals surface area contributed by atoms with Crippen LogP contribution in [0.4, 0.5) is 13.2 Å². The first-order valence-electron chi connectivity index (χ1n) is 5.29. The molecule has 0 bridgehead atoms. The van der Waals surface area contributed by atoms with Crippen LogP contribution in [0.2, 0.25) is 0 Å². The highest BCUT2D eigenvalue weighted by Crippen LogP contribution is 2.21. The van der Waals surface area contributed by atoms with Crippen molar-refractivity contribution < 1.29 is 18.3 Å². The van der Waals surface area contributed by atoms with Gasteiger partial charge in [-0.2, -0.15) is 0 Å². The van der Waals surface area contributed by atoms with E-state index in [4.69, 9.17) is 0 Å². The molecule has 0 aliphatic carbocycles. The largest absolute Gasteiger partial charge is 0.388 e. The molecular formula is C13H10F3NO. The highest BCUT2D eigenvalue weighted by Gasteiger charge is 2.14. The van der Waals surface area contributed by atoms with Crippen molar-refractivity contribution in [2.75, 3.05) is 0 Å². The maximum atomic E-state index is 13.4. The monoisotopic (exact) mass is 253 g/mol. The maximum absolute atomic E-state index is 13.4. The molecule has 0 fully saturated rings. The zero-order valence-electron chi connectivity index (χ0n) is 9.28. The average Bonchev–Trinajstić information content (AvgIpc) is 2.35. The Morgan fingerprint density at radius 3 is 2.67 bits per heavy atom. The number of rotatable bonds is 3. The molecule has 5 heteroatoms. The lowest BCUT2D eigenvalue weighted by Crippen LogP contribution is -2.05. The number of hydrogen-bond acceptors (Lipinski definition) is 2. The van der Waals surface area contributed by atoms with Crippen molar-refractivity contribution in [3.05, 3.63) is 65.2 Å². The van der Waals surface area contributed by atoms with Gasteiger partial charge < -0.3 is 5.11 Å². The Morgan fingerprint density at radius 1 is 1.17 bits per heavy atom. The summed E-state index contributed by atoms with van der Waals surface area (Å²) in [6, 6.07) is 4.82. The summed E-state index contributed by atoms with van der Waals surface area (Å²) in [6.07, 6.45) is 1.00. The smallest absolute Gasteiger partial charge is 0.162 e. The molecule has 0 radical (unpaired) electrons. The standard InChI is InChI=1S/C13H10F3NO/c14-10-4-9(6-17-7-10)12(18)5-8-2-1-3-11(15)13(8)16/h1-4,6-7,12,18H,5H2. The molecule has 2 aromatic rings. The van der Waals surface area contributed by atoms with Gasteiger partial charge in [-0.3, -0.25) is 4.98 Å². The maximum Gasteiger partial charge on any atom is 0.162 e. The molecule has 0 saturated heterocycles. The number of pyridine rings is 1. The lowest BCUT2D eigenvalue weighted by Gasteiger charge is -2.11. The molecule has 0 saturated carbocycles. The highest BCUT2D eigenvalue weighted by molar-refractivity contribution is 5.22. The van der Waals surface area contributed by atoms with Gasteiger partial charge in [0.25, 0.3) is 0 Å². The third-order valence-electron chi connectivity index (χ3n) is 2.56. The first-order chi connectivity index (χ1) is 8.58. The molecule has 1 aromatic heterocycles. The lowest BCUT2D eigenvalue weighted by atomic mass is 10.0. The third-order valence-corrected chi connectivity index (χ3v) is 2.56. The summed E-state index contributed by atoms with van der Waals surface area (Å²) in [4.78, 5) is 3.58. The molecule has 2 rings (SSSR count). The van der Waals surface area contributed by atoms with Crippen molar-refractivity contribution in [3.63, 3.8) is 0 Å². The van der Waals surface area contributed by atoms with Crippen molar-refractivity contribution in [1.82, 2.24) is 4.98 Å². The zero-order valence-corrected chi connectivity index (χ0v) is 9.28. The number of aromatic nitrogens is 1. The summed E-state index contributed by atoms with van der Waals surface area (Å²) in [6.45, 7) is 0. The van der Waals surface area contributed by atoms with Crippen LogP contribution in [0.3, 0.4) is 0 Å². The zero-order chi connectivity index (χ0) is 13.1. The van der Waals surface area contributed by atoms with Gasteiger partial charge in [0.05, 0.1) is 12.3 Å². The summed E-state index contributed by atoms with van der Waals surface area (Å²) in [5, 5.41) is 9.82. The van der Waals surface area contributed by atoms with Crippen molar-refractivity contribution >= 4 is 0 Å². The second-order valence-electron chi connectivity index (χ2n) is 3.87. The Morgan fingerprint density at radius 2 is 1.94 bits per heavy atom. The molecule has 1 aromatic carbocycles. The van der Waals surface area contributed by atoms with Crippen LogP contribution in [0.25, 0.3) is 0 Å². The molecule has 0 aliphatic rings. The number of halogens is 3. The molecule has 1 unspecified atom stereocenters. The first-order valence-corrected chi connectivity index (χ1v) is 5.29. The lowest BCUT2D eigenvalue weighted by molar-refractivity contribution is 0.176. The summed E-state index contributed by atoms with van der Waals surface area (Å²) >= 11 is 0. The molecule has 2 nitrogen and oxygen atoms in total. The van der Waals surface area contributed by atoms with E-state index in [2.05, 4.69) is 4.98 Å². The fourth-order valence-corrected chi connectivity index (χ4v) is 1.64. The minimum Gasteiger partial charge on any atom is -0.388 e. The second kappa shape index (κ2) is 5.18. The topological polar surface area (TPSA) is 33.1 Å². The Balaban J connectivity index is 2.21. The van der Waals surface area contributed by atoms with Crippen molar-refractivity contribution in [1.29, 1.82) is 0 Å².